The molecule has 1 saturated heterocycles. The largest absolute Gasteiger partial charge is 1.00 e. The van der Waals surface area contributed by atoms with Crippen LogP contribution in [0, 0.1) is 0 Å². The molecule has 31 heavy (non-hydrogen) atoms. The molecule has 2 amide bonds. The Morgan fingerprint density at radius 1 is 1.39 bits per heavy atom. The third-order valence-electron chi connectivity index (χ3n) is 3.46. The maximum Gasteiger partial charge on any atom is 1.00 e. The van der Waals surface area contributed by atoms with Gasteiger partial charge < -0.3 is 19.4 Å². The number of nitrogens with one attached hydrogen (secondary N) is 2. The first-order valence-corrected chi connectivity index (χ1v) is 12.2. The summed E-state index contributed by atoms with van der Waals surface area (Å²) in [7, 11) is -7.66. The van der Waals surface area contributed by atoms with Crippen LogP contribution in [0.15, 0.2) is 10.5 Å². The second-order valence-electron chi connectivity index (χ2n) is 6.26. The van der Waals surface area contributed by atoms with Gasteiger partial charge in [-0.3, -0.25) is 14.3 Å². The van der Waals surface area contributed by atoms with E-state index in [2.05, 4.69) is 20.2 Å². The van der Waals surface area contributed by atoms with E-state index < -0.39 is 56.2 Å². The SMILES string of the molecule is COC1(NC(=O)C(=NOC(C)C)c2csc(NS(C)(=O)=O)n2)CN(S(=O)(=O)[O-])C1=O.[Na+]. The number of amides is 2. The number of hydrogen-bond acceptors (Lipinski definition) is 12. The fourth-order valence-corrected chi connectivity index (χ4v) is 4.36. The van der Waals surface area contributed by atoms with Crippen LogP contribution in [0.3, 0.4) is 0 Å². The van der Waals surface area contributed by atoms with Crippen LogP contribution in [0.4, 0.5) is 5.13 Å². The number of thiazole rings is 1. The molecule has 1 fully saturated rings. The molecule has 2 rings (SSSR count). The number of methoxy groups -OCH3 is 1. The van der Waals surface area contributed by atoms with E-state index in [0.717, 1.165) is 24.7 Å². The van der Waals surface area contributed by atoms with Crippen molar-refractivity contribution in [2.45, 2.75) is 25.7 Å². The zero-order chi connectivity index (χ0) is 22.9. The molecule has 0 aromatic carbocycles. The topological polar surface area (TPSA) is 196 Å². The van der Waals surface area contributed by atoms with Gasteiger partial charge in [0.15, 0.2) is 21.1 Å². The summed E-state index contributed by atoms with van der Waals surface area (Å²) in [5.41, 5.74) is -2.62. The maximum atomic E-state index is 12.7. The monoisotopic (exact) mass is 507 g/mol. The van der Waals surface area contributed by atoms with Crippen molar-refractivity contribution in [1.82, 2.24) is 14.6 Å². The number of nitrogens with zero attached hydrogens (tertiary/aromatic N) is 3. The van der Waals surface area contributed by atoms with Crippen LogP contribution in [-0.4, -0.2) is 79.9 Å². The molecule has 1 unspecified atom stereocenters. The first-order valence-electron chi connectivity index (χ1n) is 8.01. The molecule has 14 nitrogen and oxygen atoms in total. The number of oxime groups is 1. The van der Waals surface area contributed by atoms with Gasteiger partial charge in [0, 0.05) is 12.5 Å². The molecular formula is C13H18N5NaO9S3. The Balaban J connectivity index is 0.00000480. The van der Waals surface area contributed by atoms with E-state index in [9.17, 15) is 31.0 Å². The summed E-state index contributed by atoms with van der Waals surface area (Å²) in [6.45, 7) is 2.51. The first kappa shape index (κ1) is 27.7. The van der Waals surface area contributed by atoms with Crippen molar-refractivity contribution in [1.29, 1.82) is 0 Å². The van der Waals surface area contributed by atoms with Gasteiger partial charge in [-0.1, -0.05) is 5.16 Å². The molecule has 1 aliphatic rings. The Labute approximate surface area is 204 Å². The van der Waals surface area contributed by atoms with Crippen molar-refractivity contribution in [2.75, 3.05) is 24.6 Å². The molecule has 0 bridgehead atoms. The molecule has 2 heterocycles. The van der Waals surface area contributed by atoms with Crippen molar-refractivity contribution in [2.24, 2.45) is 5.16 Å². The molecule has 0 spiro atoms. The second-order valence-corrected chi connectivity index (χ2v) is 10.2. The van der Waals surface area contributed by atoms with Crippen molar-refractivity contribution < 1.29 is 70.1 Å². The molecular weight excluding hydrogens is 489 g/mol. The number of anilines is 1. The van der Waals surface area contributed by atoms with Crippen LogP contribution in [0.1, 0.15) is 19.5 Å². The molecule has 1 aromatic heterocycles. The van der Waals surface area contributed by atoms with E-state index in [-0.39, 0.29) is 44.7 Å². The minimum atomic E-state index is -5.07. The number of ether oxygens (including phenoxy) is 1. The smallest absolute Gasteiger partial charge is 0.731 e. The molecule has 1 aliphatic heterocycles. The average Bonchev–Trinajstić information content (AvgIpc) is 3.02. The van der Waals surface area contributed by atoms with Gasteiger partial charge >= 0.3 is 29.6 Å². The van der Waals surface area contributed by atoms with E-state index in [1.807, 2.05) is 0 Å². The van der Waals surface area contributed by atoms with Gasteiger partial charge in [0.05, 0.1) is 12.8 Å². The Bertz CT molecular complexity index is 1090. The molecule has 1 aromatic rings. The van der Waals surface area contributed by atoms with E-state index in [4.69, 9.17) is 9.57 Å². The number of carbonyl (C=O) groups is 2. The molecule has 1 atom stereocenters. The minimum Gasteiger partial charge on any atom is -0.731 e. The van der Waals surface area contributed by atoms with Crippen molar-refractivity contribution in [3.63, 3.8) is 0 Å². The number of hydrogen-bond donors (Lipinski definition) is 2. The molecule has 0 aliphatic carbocycles. The quantitative estimate of drug-likeness (QED) is 0.0819. The molecule has 2 N–H and O–H groups in total. The van der Waals surface area contributed by atoms with Gasteiger partial charge in [0.1, 0.15) is 11.8 Å². The first-order chi connectivity index (χ1) is 13.7. The summed E-state index contributed by atoms with van der Waals surface area (Å²) in [6.07, 6.45) is 0.473. The number of sulfonamides is 1. The summed E-state index contributed by atoms with van der Waals surface area (Å²) >= 11 is 0.859. The van der Waals surface area contributed by atoms with Crippen molar-refractivity contribution in [3.8, 4) is 0 Å². The Morgan fingerprint density at radius 2 is 2.00 bits per heavy atom. The predicted octanol–water partition coefficient (Wildman–Crippen LogP) is -4.59. The summed E-state index contributed by atoms with van der Waals surface area (Å²) in [5, 5.41) is 7.11. The van der Waals surface area contributed by atoms with Crippen molar-refractivity contribution >= 4 is 54.3 Å². The van der Waals surface area contributed by atoms with Crippen LogP contribution in [0.5, 0.6) is 0 Å². The van der Waals surface area contributed by atoms with Gasteiger partial charge in [-0.25, -0.2) is 26.1 Å². The third kappa shape index (κ3) is 6.82. The number of rotatable bonds is 9. The fraction of sp³-hybridized carbons (Fsp3) is 0.538. The second kappa shape index (κ2) is 10.1. The average molecular weight is 508 g/mol. The Morgan fingerprint density at radius 3 is 2.45 bits per heavy atom. The van der Waals surface area contributed by atoms with Crippen LogP contribution < -0.4 is 39.6 Å². The van der Waals surface area contributed by atoms with E-state index >= 15 is 0 Å². The van der Waals surface area contributed by atoms with Gasteiger partial charge in [-0.15, -0.1) is 11.3 Å². The molecule has 18 heteroatoms. The number of aromatic nitrogens is 1. The van der Waals surface area contributed by atoms with Gasteiger partial charge in [-0.2, -0.15) is 0 Å². The van der Waals surface area contributed by atoms with Crippen molar-refractivity contribution in [3.05, 3.63) is 11.1 Å². The van der Waals surface area contributed by atoms with Crippen LogP contribution in [-0.2, 0) is 39.5 Å². The maximum absolute atomic E-state index is 12.7. The van der Waals surface area contributed by atoms with Gasteiger partial charge in [0.2, 0.25) is 15.7 Å². The molecule has 0 radical (unpaired) electrons. The van der Waals surface area contributed by atoms with E-state index in [0.29, 0.717) is 0 Å². The minimum absolute atomic E-state index is 0. The third-order valence-corrected chi connectivity index (χ3v) is 5.75. The zero-order valence-corrected chi connectivity index (χ0v) is 21.6. The van der Waals surface area contributed by atoms with Crippen LogP contribution in [0.2, 0.25) is 0 Å². The molecule has 0 saturated carbocycles. The van der Waals surface area contributed by atoms with E-state index in [1.165, 1.54) is 5.38 Å². The van der Waals surface area contributed by atoms with E-state index in [1.54, 1.807) is 13.8 Å². The van der Waals surface area contributed by atoms with Crippen LogP contribution in [0.25, 0.3) is 0 Å². The normalized spacial score (nSPS) is 19.5. The fourth-order valence-electron chi connectivity index (χ4n) is 2.12. The summed E-state index contributed by atoms with van der Waals surface area (Å²) in [4.78, 5) is 33.9. The molecule has 168 valence electrons. The number of carbonyl (C=O) groups excluding carboxylic acids is 2. The van der Waals surface area contributed by atoms with Crippen LogP contribution >= 0.6 is 11.3 Å². The summed E-state index contributed by atoms with van der Waals surface area (Å²) in [5.74, 6) is -2.32. The Hall–Kier alpha value is -1.34. The predicted molar refractivity (Wildman–Crippen MR) is 103 cm³/mol. The zero-order valence-electron chi connectivity index (χ0n) is 17.1. The number of β-lactam (4-membered cyclic amide) rings is 1. The standard InChI is InChI=1S/C13H19N5O9S3.Na/c1-7(2)27-16-9(8-5-28-12(14-8)17-29(4,21)22)10(19)15-13(26-3)6-18(11(13)20)30(23,24)25;/h5,7H,6H2,1-4H3,(H,14,17)(H,15,19)(H,23,24,25);/q;+1/p-1. The summed E-state index contributed by atoms with van der Waals surface area (Å²) in [6, 6.07) is 0. The van der Waals surface area contributed by atoms with Gasteiger partial charge in [0.25, 0.3) is 11.8 Å². The summed E-state index contributed by atoms with van der Waals surface area (Å²) < 4.78 is 62.8. The van der Waals surface area contributed by atoms with Gasteiger partial charge in [-0.05, 0) is 13.8 Å². The Kier molecular flexibility index (Phi) is 9.00.